The highest BCUT2D eigenvalue weighted by Gasteiger charge is 2.26. The number of hydrogen-bond acceptors (Lipinski definition) is 4. The second-order valence-corrected chi connectivity index (χ2v) is 9.57. The van der Waals surface area contributed by atoms with E-state index < -0.39 is 16.1 Å². The van der Waals surface area contributed by atoms with Crippen molar-refractivity contribution in [1.29, 1.82) is 0 Å². The number of nitrogens with zero attached hydrogens (tertiary/aromatic N) is 1. The molecule has 28 heavy (non-hydrogen) atoms. The zero-order valence-corrected chi connectivity index (χ0v) is 17.3. The van der Waals surface area contributed by atoms with Crippen LogP contribution in [0.5, 0.6) is 0 Å². The first-order valence-corrected chi connectivity index (χ1v) is 11.9. The van der Waals surface area contributed by atoms with E-state index in [1.54, 1.807) is 6.08 Å². The number of nitrogens with one attached hydrogen (secondary N) is 2. The summed E-state index contributed by atoms with van der Waals surface area (Å²) in [4.78, 5) is 14.7. The van der Waals surface area contributed by atoms with Gasteiger partial charge in [-0.2, -0.15) is 0 Å². The Hall–Kier alpha value is -1.86. The Morgan fingerprint density at radius 2 is 1.82 bits per heavy atom. The summed E-state index contributed by atoms with van der Waals surface area (Å²) in [6.45, 7) is 3.96. The fourth-order valence-electron chi connectivity index (χ4n) is 4.93. The number of urea groups is 1. The summed E-state index contributed by atoms with van der Waals surface area (Å²) in [7, 11) is -3.82. The van der Waals surface area contributed by atoms with E-state index in [0.29, 0.717) is 0 Å². The predicted octanol–water partition coefficient (Wildman–Crippen LogP) is 3.11. The minimum atomic E-state index is -3.82. The summed E-state index contributed by atoms with van der Waals surface area (Å²) >= 11 is 0. The van der Waals surface area contributed by atoms with Gasteiger partial charge in [-0.05, 0) is 86.7 Å². The topological polar surface area (TPSA) is 78.5 Å². The highest BCUT2D eigenvalue weighted by atomic mass is 32.2. The molecule has 2 amide bonds. The van der Waals surface area contributed by atoms with E-state index >= 15 is 0 Å². The van der Waals surface area contributed by atoms with Crippen LogP contribution in [0.2, 0.25) is 0 Å². The Kier molecular flexibility index (Phi) is 5.47. The third kappa shape index (κ3) is 3.96. The number of rotatable bonds is 5. The van der Waals surface area contributed by atoms with Crippen LogP contribution in [0.1, 0.15) is 54.9 Å². The fraction of sp³-hybridized carbons (Fsp3) is 0.571. The number of sulfonamides is 1. The van der Waals surface area contributed by atoms with Gasteiger partial charge in [-0.1, -0.05) is 19.1 Å². The maximum atomic E-state index is 12.5. The molecule has 3 aliphatic rings. The van der Waals surface area contributed by atoms with Crippen molar-refractivity contribution in [3.05, 3.63) is 39.8 Å². The van der Waals surface area contributed by atoms with E-state index in [0.717, 1.165) is 75.6 Å². The first-order valence-electron chi connectivity index (χ1n) is 10.4. The van der Waals surface area contributed by atoms with Crippen LogP contribution in [0.3, 0.4) is 0 Å². The van der Waals surface area contributed by atoms with E-state index in [9.17, 15) is 13.2 Å². The van der Waals surface area contributed by atoms with E-state index in [4.69, 9.17) is 0 Å². The molecule has 1 fully saturated rings. The Morgan fingerprint density at radius 1 is 1.14 bits per heavy atom. The van der Waals surface area contributed by atoms with Gasteiger partial charge in [-0.3, -0.25) is 4.90 Å². The Labute approximate surface area is 167 Å². The number of carbonyl (C=O) groups excluding carboxylic acids is 1. The van der Waals surface area contributed by atoms with Crippen LogP contribution in [0.4, 0.5) is 10.5 Å². The van der Waals surface area contributed by atoms with Crippen LogP contribution in [0.25, 0.3) is 0 Å². The Bertz CT molecular complexity index is 876. The highest BCUT2D eigenvalue weighted by molar-refractivity contribution is 7.92. The van der Waals surface area contributed by atoms with Crippen molar-refractivity contribution in [2.75, 3.05) is 18.4 Å². The molecule has 1 aromatic carbocycles. The number of aryl methyl sites for hydroxylation is 2. The summed E-state index contributed by atoms with van der Waals surface area (Å²) in [5.41, 5.74) is 5.84. The minimum absolute atomic E-state index is 0.130. The molecule has 6 nitrogen and oxygen atoms in total. The van der Waals surface area contributed by atoms with Crippen LogP contribution in [-0.2, 0) is 35.7 Å². The Morgan fingerprint density at radius 3 is 2.46 bits per heavy atom. The molecular weight excluding hydrogens is 374 g/mol. The second-order valence-electron chi connectivity index (χ2n) is 8.00. The van der Waals surface area contributed by atoms with Gasteiger partial charge in [0, 0.05) is 17.1 Å². The molecule has 0 aromatic heterocycles. The molecule has 0 radical (unpaired) electrons. The fourth-order valence-corrected chi connectivity index (χ4v) is 5.69. The molecule has 1 atom stereocenters. The number of amides is 2. The van der Waals surface area contributed by atoms with Crippen LogP contribution >= 0.6 is 0 Å². The largest absolute Gasteiger partial charge is 0.333 e. The van der Waals surface area contributed by atoms with E-state index in [1.165, 1.54) is 22.3 Å². The number of anilines is 1. The predicted molar refractivity (Wildman–Crippen MR) is 111 cm³/mol. The number of hydrogen-bond donors (Lipinski definition) is 2. The first kappa shape index (κ1) is 19.5. The standard InChI is InChI=1S/C21H29N3O3S/c1-2-24-12-5-8-17(24)11-13-28(26,27)23-21(25)22-20-18-9-3-6-15(18)14-16-7-4-10-19(16)20/h11,13-14,17H,2-10,12H2,1H3,(H2,22,23,25)/b13-11+. The summed E-state index contributed by atoms with van der Waals surface area (Å²) in [5.74, 6) is 0. The molecule has 0 spiro atoms. The van der Waals surface area contributed by atoms with Crippen LogP contribution in [0, 0.1) is 0 Å². The van der Waals surface area contributed by atoms with Crippen LogP contribution < -0.4 is 10.0 Å². The van der Waals surface area contributed by atoms with Gasteiger partial charge in [0.2, 0.25) is 0 Å². The second kappa shape index (κ2) is 7.87. The molecule has 7 heteroatoms. The molecule has 4 rings (SSSR count). The zero-order chi connectivity index (χ0) is 19.7. The normalized spacial score (nSPS) is 21.8. The molecule has 152 valence electrons. The van der Waals surface area contributed by atoms with Crippen molar-refractivity contribution >= 4 is 21.7 Å². The number of likely N-dealkylation sites (tertiary alicyclic amines) is 1. The number of benzene rings is 1. The average Bonchev–Trinajstić information content (AvgIpc) is 3.39. The van der Waals surface area contributed by atoms with E-state index in [2.05, 4.69) is 27.9 Å². The number of fused-ring (bicyclic) bond motifs is 2. The molecule has 1 unspecified atom stereocenters. The average molecular weight is 404 g/mol. The lowest BCUT2D eigenvalue weighted by Gasteiger charge is -2.19. The maximum absolute atomic E-state index is 12.5. The maximum Gasteiger partial charge on any atom is 0.333 e. The van der Waals surface area contributed by atoms with Gasteiger partial charge in [-0.25, -0.2) is 17.9 Å². The molecule has 1 aliphatic heterocycles. The van der Waals surface area contributed by atoms with Crippen molar-refractivity contribution in [2.24, 2.45) is 0 Å². The Balaban J connectivity index is 1.46. The van der Waals surface area contributed by atoms with Gasteiger partial charge in [0.05, 0.1) is 0 Å². The summed E-state index contributed by atoms with van der Waals surface area (Å²) in [5, 5.41) is 4.02. The van der Waals surface area contributed by atoms with Gasteiger partial charge in [0.25, 0.3) is 10.0 Å². The van der Waals surface area contributed by atoms with Gasteiger partial charge < -0.3 is 5.32 Å². The lowest BCUT2D eigenvalue weighted by Crippen LogP contribution is -2.34. The molecule has 1 heterocycles. The monoisotopic (exact) mass is 403 g/mol. The quantitative estimate of drug-likeness (QED) is 0.792. The molecule has 0 saturated carbocycles. The van der Waals surface area contributed by atoms with Crippen molar-refractivity contribution in [3.8, 4) is 0 Å². The van der Waals surface area contributed by atoms with Gasteiger partial charge in [-0.15, -0.1) is 0 Å². The molecular formula is C21H29N3O3S. The van der Waals surface area contributed by atoms with Crippen molar-refractivity contribution in [1.82, 2.24) is 9.62 Å². The van der Waals surface area contributed by atoms with E-state index in [-0.39, 0.29) is 6.04 Å². The van der Waals surface area contributed by atoms with Crippen LogP contribution in [0.15, 0.2) is 17.6 Å². The third-order valence-electron chi connectivity index (χ3n) is 6.25. The van der Waals surface area contributed by atoms with Gasteiger partial charge in [0.15, 0.2) is 0 Å². The number of carbonyl (C=O) groups is 1. The third-order valence-corrected chi connectivity index (χ3v) is 7.23. The molecule has 2 aliphatic carbocycles. The van der Waals surface area contributed by atoms with Crippen molar-refractivity contribution < 1.29 is 13.2 Å². The molecule has 1 aromatic rings. The summed E-state index contributed by atoms with van der Waals surface area (Å²) in [6.07, 6.45) is 9.86. The lowest BCUT2D eigenvalue weighted by atomic mass is 9.99. The zero-order valence-electron chi connectivity index (χ0n) is 16.5. The molecule has 0 bridgehead atoms. The van der Waals surface area contributed by atoms with Gasteiger partial charge in [0.1, 0.15) is 0 Å². The lowest BCUT2D eigenvalue weighted by molar-refractivity contribution is 0.256. The highest BCUT2D eigenvalue weighted by Crippen LogP contribution is 2.38. The van der Waals surface area contributed by atoms with Crippen molar-refractivity contribution in [2.45, 2.75) is 64.3 Å². The van der Waals surface area contributed by atoms with E-state index in [1.807, 2.05) is 0 Å². The summed E-state index contributed by atoms with van der Waals surface area (Å²) in [6, 6.07) is 1.75. The van der Waals surface area contributed by atoms with Crippen LogP contribution in [-0.4, -0.2) is 38.5 Å². The number of likely N-dealkylation sites (N-methyl/N-ethyl adjacent to an activating group) is 1. The molecule has 2 N–H and O–H groups in total. The summed E-state index contributed by atoms with van der Waals surface area (Å²) < 4.78 is 26.9. The molecule has 1 saturated heterocycles. The SMILES string of the molecule is CCN1CCCC1/C=C/S(=O)(=O)NC(=O)Nc1c2c(cc3c1CCC3)CCC2. The smallest absolute Gasteiger partial charge is 0.307 e. The van der Waals surface area contributed by atoms with Gasteiger partial charge >= 0.3 is 6.03 Å². The van der Waals surface area contributed by atoms with Crippen molar-refractivity contribution in [3.63, 3.8) is 0 Å². The minimum Gasteiger partial charge on any atom is -0.307 e. The first-order chi connectivity index (χ1) is 13.5.